The number of guanidine groups is 1. The van der Waals surface area contributed by atoms with Crippen molar-refractivity contribution in [2.75, 3.05) is 13.1 Å². The van der Waals surface area contributed by atoms with Gasteiger partial charge >= 0.3 is 6.18 Å². The molecule has 0 aromatic carbocycles. The zero-order chi connectivity index (χ0) is 13.3. The Balaban J connectivity index is 1.74. The van der Waals surface area contributed by atoms with Crippen LogP contribution < -0.4 is 11.5 Å². The summed E-state index contributed by atoms with van der Waals surface area (Å²) in [6, 6.07) is 0.507. The number of likely N-dealkylation sites (tertiary alicyclic amines) is 1. The standard InChI is InChI=1S/C11H19F3N4/c12-11(13,14)7-1-3-18(4-2-7)9-5-8(6-9)17-10(15)16/h7-9H,1-6H2,(H4,15,16,17). The van der Waals surface area contributed by atoms with E-state index in [2.05, 4.69) is 9.89 Å². The predicted molar refractivity (Wildman–Crippen MR) is 63.0 cm³/mol. The highest BCUT2D eigenvalue weighted by atomic mass is 19.4. The second-order valence-corrected chi connectivity index (χ2v) is 5.18. The minimum atomic E-state index is -4.04. The van der Waals surface area contributed by atoms with Crippen molar-refractivity contribution in [3.05, 3.63) is 0 Å². The van der Waals surface area contributed by atoms with Crippen molar-refractivity contribution >= 4 is 5.96 Å². The van der Waals surface area contributed by atoms with Gasteiger partial charge in [0.2, 0.25) is 0 Å². The molecule has 1 saturated carbocycles. The smallest absolute Gasteiger partial charge is 0.370 e. The molecule has 0 aromatic rings. The van der Waals surface area contributed by atoms with Crippen molar-refractivity contribution in [2.24, 2.45) is 22.4 Å². The number of nitrogens with zero attached hydrogens (tertiary/aromatic N) is 2. The molecule has 104 valence electrons. The van der Waals surface area contributed by atoms with E-state index in [0.29, 0.717) is 19.1 Å². The van der Waals surface area contributed by atoms with E-state index in [4.69, 9.17) is 11.5 Å². The van der Waals surface area contributed by atoms with Crippen molar-refractivity contribution in [2.45, 2.75) is 43.9 Å². The number of halogens is 3. The van der Waals surface area contributed by atoms with Crippen molar-refractivity contribution in [3.63, 3.8) is 0 Å². The van der Waals surface area contributed by atoms with Gasteiger partial charge in [0.05, 0.1) is 12.0 Å². The Kier molecular flexibility index (Phi) is 3.70. The SMILES string of the molecule is NC(N)=NC1CC(N2CCC(C(F)(F)F)CC2)C1. The summed E-state index contributed by atoms with van der Waals surface area (Å²) in [5.41, 5.74) is 10.6. The molecule has 0 spiro atoms. The number of alkyl halides is 3. The Bertz CT molecular complexity index is 311. The second kappa shape index (κ2) is 4.95. The van der Waals surface area contributed by atoms with Gasteiger partial charge in [0.25, 0.3) is 0 Å². The van der Waals surface area contributed by atoms with Gasteiger partial charge in [-0.15, -0.1) is 0 Å². The third-order valence-electron chi connectivity index (χ3n) is 3.93. The third kappa shape index (κ3) is 3.07. The lowest BCUT2D eigenvalue weighted by atomic mass is 9.83. The summed E-state index contributed by atoms with van der Waals surface area (Å²) in [6.07, 6.45) is -1.89. The molecule has 0 radical (unpaired) electrons. The van der Waals surface area contributed by atoms with Crippen molar-refractivity contribution < 1.29 is 13.2 Å². The van der Waals surface area contributed by atoms with Gasteiger partial charge in [0.1, 0.15) is 0 Å². The molecule has 4 N–H and O–H groups in total. The molecule has 1 aliphatic carbocycles. The topological polar surface area (TPSA) is 67.6 Å². The van der Waals surface area contributed by atoms with Crippen LogP contribution >= 0.6 is 0 Å². The summed E-state index contributed by atoms with van der Waals surface area (Å²) in [5, 5.41) is 0. The molecule has 0 aromatic heterocycles. The lowest BCUT2D eigenvalue weighted by Gasteiger charge is -2.44. The Morgan fingerprint density at radius 2 is 1.67 bits per heavy atom. The van der Waals surface area contributed by atoms with Crippen LogP contribution in [-0.2, 0) is 0 Å². The predicted octanol–water partition coefficient (Wildman–Crippen LogP) is 1.07. The van der Waals surface area contributed by atoms with Crippen molar-refractivity contribution in [1.82, 2.24) is 4.90 Å². The van der Waals surface area contributed by atoms with E-state index in [0.717, 1.165) is 12.8 Å². The maximum absolute atomic E-state index is 12.5. The summed E-state index contributed by atoms with van der Waals surface area (Å²) >= 11 is 0. The fourth-order valence-electron chi connectivity index (χ4n) is 2.77. The van der Waals surface area contributed by atoms with Crippen LogP contribution in [0.2, 0.25) is 0 Å². The number of rotatable bonds is 2. The largest absolute Gasteiger partial charge is 0.391 e. The van der Waals surface area contributed by atoms with Crippen LogP contribution in [0.3, 0.4) is 0 Å². The summed E-state index contributed by atoms with van der Waals surface area (Å²) in [7, 11) is 0. The lowest BCUT2D eigenvalue weighted by molar-refractivity contribution is -0.187. The molecule has 1 heterocycles. The zero-order valence-corrected chi connectivity index (χ0v) is 10.2. The van der Waals surface area contributed by atoms with E-state index >= 15 is 0 Å². The fraction of sp³-hybridized carbons (Fsp3) is 0.909. The van der Waals surface area contributed by atoms with Gasteiger partial charge in [-0.25, -0.2) is 0 Å². The van der Waals surface area contributed by atoms with E-state index in [-0.39, 0.29) is 24.8 Å². The van der Waals surface area contributed by atoms with Crippen LogP contribution in [0.25, 0.3) is 0 Å². The van der Waals surface area contributed by atoms with Crippen LogP contribution in [0.1, 0.15) is 25.7 Å². The first-order valence-electron chi connectivity index (χ1n) is 6.25. The molecular weight excluding hydrogens is 245 g/mol. The Hall–Kier alpha value is -0.980. The van der Waals surface area contributed by atoms with Gasteiger partial charge < -0.3 is 16.4 Å². The highest BCUT2D eigenvalue weighted by molar-refractivity contribution is 5.75. The number of nitrogens with two attached hydrogens (primary N) is 2. The molecule has 2 rings (SSSR count). The maximum Gasteiger partial charge on any atom is 0.391 e. The summed E-state index contributed by atoms with van der Waals surface area (Å²) in [5.74, 6) is -1.03. The van der Waals surface area contributed by atoms with Crippen LogP contribution in [0, 0.1) is 5.92 Å². The highest BCUT2D eigenvalue weighted by Gasteiger charge is 2.43. The first kappa shape index (κ1) is 13.5. The van der Waals surface area contributed by atoms with E-state index in [1.807, 2.05) is 0 Å². The van der Waals surface area contributed by atoms with Gasteiger partial charge in [-0.1, -0.05) is 0 Å². The molecule has 0 bridgehead atoms. The van der Waals surface area contributed by atoms with Crippen molar-refractivity contribution in [1.29, 1.82) is 0 Å². The van der Waals surface area contributed by atoms with E-state index in [9.17, 15) is 13.2 Å². The van der Waals surface area contributed by atoms with E-state index < -0.39 is 12.1 Å². The quantitative estimate of drug-likeness (QED) is 0.579. The molecule has 2 aliphatic rings. The molecule has 0 unspecified atom stereocenters. The van der Waals surface area contributed by atoms with E-state index in [1.165, 1.54) is 0 Å². The fourth-order valence-corrected chi connectivity index (χ4v) is 2.77. The number of piperidine rings is 1. The minimum Gasteiger partial charge on any atom is -0.370 e. The third-order valence-corrected chi connectivity index (χ3v) is 3.93. The number of hydrogen-bond donors (Lipinski definition) is 2. The Morgan fingerprint density at radius 1 is 1.11 bits per heavy atom. The first-order valence-corrected chi connectivity index (χ1v) is 6.25. The lowest BCUT2D eigenvalue weighted by Crippen LogP contribution is -2.51. The average Bonchev–Trinajstić information content (AvgIpc) is 2.21. The van der Waals surface area contributed by atoms with Gasteiger partial charge in [0, 0.05) is 6.04 Å². The van der Waals surface area contributed by atoms with Gasteiger partial charge in [-0.05, 0) is 38.8 Å². The molecule has 18 heavy (non-hydrogen) atoms. The van der Waals surface area contributed by atoms with E-state index in [1.54, 1.807) is 0 Å². The van der Waals surface area contributed by atoms with Gasteiger partial charge in [0.15, 0.2) is 5.96 Å². The monoisotopic (exact) mass is 264 g/mol. The molecular formula is C11H19F3N4. The Labute approximate surface area is 104 Å². The van der Waals surface area contributed by atoms with Crippen LogP contribution in [0.4, 0.5) is 13.2 Å². The maximum atomic E-state index is 12.5. The summed E-state index contributed by atoms with van der Waals surface area (Å²) in [4.78, 5) is 6.19. The summed E-state index contributed by atoms with van der Waals surface area (Å²) < 4.78 is 37.5. The van der Waals surface area contributed by atoms with Crippen molar-refractivity contribution in [3.8, 4) is 0 Å². The van der Waals surface area contributed by atoms with Gasteiger partial charge in [-0.3, -0.25) is 4.99 Å². The molecule has 7 heteroatoms. The highest BCUT2D eigenvalue weighted by Crippen LogP contribution is 2.37. The molecule has 1 aliphatic heterocycles. The molecule has 4 nitrogen and oxygen atoms in total. The minimum absolute atomic E-state index is 0.0919. The average molecular weight is 264 g/mol. The molecule has 1 saturated heterocycles. The van der Waals surface area contributed by atoms with Gasteiger partial charge in [-0.2, -0.15) is 13.2 Å². The summed E-state index contributed by atoms with van der Waals surface area (Å²) in [6.45, 7) is 1.06. The first-order chi connectivity index (χ1) is 8.36. The second-order valence-electron chi connectivity index (χ2n) is 5.18. The Morgan fingerprint density at radius 3 is 2.11 bits per heavy atom. The van der Waals surface area contributed by atoms with Crippen LogP contribution in [-0.4, -0.2) is 42.2 Å². The molecule has 2 fully saturated rings. The normalized spacial score (nSPS) is 30.8. The van der Waals surface area contributed by atoms with Crippen LogP contribution in [0.15, 0.2) is 4.99 Å². The molecule has 0 amide bonds. The van der Waals surface area contributed by atoms with Crippen LogP contribution in [0.5, 0.6) is 0 Å². The zero-order valence-electron chi connectivity index (χ0n) is 10.2. The number of aliphatic imine (C=N–C) groups is 1. The number of hydrogen-bond acceptors (Lipinski definition) is 2. The molecule has 0 atom stereocenters.